The quantitative estimate of drug-likeness (QED) is 0.417. The van der Waals surface area contributed by atoms with Crippen molar-refractivity contribution >= 4 is 17.0 Å². The van der Waals surface area contributed by atoms with Gasteiger partial charge in [0.15, 0.2) is 23.2 Å². The molecule has 0 amide bonds. The van der Waals surface area contributed by atoms with Crippen molar-refractivity contribution in [1.82, 2.24) is 25.0 Å². The zero-order valence-electron chi connectivity index (χ0n) is 14.1. The first-order valence-corrected chi connectivity index (χ1v) is 7.78. The summed E-state index contributed by atoms with van der Waals surface area (Å²) in [6.07, 6.45) is -3.01. The second-order valence-corrected chi connectivity index (χ2v) is 6.90. The Morgan fingerprint density at radius 3 is 2.64 bits per heavy atom. The first kappa shape index (κ1) is 17.8. The molecule has 11 nitrogen and oxygen atoms in total. The molecule has 3 rings (SSSR count). The molecule has 1 fully saturated rings. The Morgan fingerprint density at radius 1 is 1.32 bits per heavy atom. The number of aliphatic hydroxyl groups excluding tert-OH is 3. The molecule has 138 valence electrons. The topological polar surface area (TPSA) is 161 Å². The number of hydrogen-bond donors (Lipinski definition) is 5. The van der Waals surface area contributed by atoms with Gasteiger partial charge in [-0.2, -0.15) is 9.97 Å². The van der Waals surface area contributed by atoms with Gasteiger partial charge in [-0.25, -0.2) is 4.98 Å². The maximum absolute atomic E-state index is 10.2. The van der Waals surface area contributed by atoms with Crippen molar-refractivity contribution in [3.63, 3.8) is 0 Å². The molecule has 0 radical (unpaired) electrons. The lowest BCUT2D eigenvalue weighted by Gasteiger charge is -2.19. The lowest BCUT2D eigenvalue weighted by molar-refractivity contribution is -0.0511. The summed E-state index contributed by atoms with van der Waals surface area (Å²) >= 11 is 0. The summed E-state index contributed by atoms with van der Waals surface area (Å²) in [5.41, 5.74) is 8.92. The van der Waals surface area contributed by atoms with Crippen LogP contribution in [-0.4, -0.2) is 65.3 Å². The van der Waals surface area contributed by atoms with Crippen molar-refractivity contribution in [2.75, 3.05) is 12.3 Å². The number of fused-ring (bicyclic) bond motifs is 1. The van der Waals surface area contributed by atoms with Crippen molar-refractivity contribution in [2.24, 2.45) is 0 Å². The third-order valence-electron chi connectivity index (χ3n) is 3.67. The normalized spacial score (nSPS) is 27.1. The molecule has 0 spiro atoms. The molecule has 25 heavy (non-hydrogen) atoms. The third kappa shape index (κ3) is 3.37. The summed E-state index contributed by atoms with van der Waals surface area (Å²) in [4.78, 5) is 17.7. The molecule has 11 heteroatoms. The highest BCUT2D eigenvalue weighted by atomic mass is 16.7. The Balaban J connectivity index is 1.96. The molecular formula is C14H22N6O5. The van der Waals surface area contributed by atoms with Crippen molar-refractivity contribution < 1.29 is 24.9 Å². The van der Waals surface area contributed by atoms with Crippen LogP contribution in [0.3, 0.4) is 0 Å². The molecule has 0 saturated carbocycles. The number of ether oxygens (including phenoxy) is 1. The number of nitrogens with two attached hydrogens (primary N) is 1. The van der Waals surface area contributed by atoms with Crippen LogP contribution in [0, 0.1) is 0 Å². The summed E-state index contributed by atoms with van der Waals surface area (Å²) in [6, 6.07) is -0.0200. The summed E-state index contributed by atoms with van der Waals surface area (Å²) in [5, 5.41) is 29.3. The minimum atomic E-state index is -1.26. The van der Waals surface area contributed by atoms with E-state index < -0.39 is 31.1 Å². The van der Waals surface area contributed by atoms with Gasteiger partial charge in [-0.15, -0.1) is 5.48 Å². The van der Waals surface area contributed by atoms with Crippen LogP contribution in [0.15, 0.2) is 6.33 Å². The molecule has 3 heterocycles. The Morgan fingerprint density at radius 2 is 2.04 bits per heavy atom. The van der Waals surface area contributed by atoms with Gasteiger partial charge in [0.1, 0.15) is 18.3 Å². The van der Waals surface area contributed by atoms with E-state index in [1.807, 2.05) is 20.8 Å². The SMILES string of the molecule is CC(C)(C)NOc1nc(N)c2ncn([C@@H]3O[C@H](CO)C(O)C3O)c2n1. The molecule has 1 aliphatic heterocycles. The van der Waals surface area contributed by atoms with Crippen LogP contribution in [0.5, 0.6) is 6.01 Å². The van der Waals surface area contributed by atoms with E-state index in [0.717, 1.165) is 0 Å². The fourth-order valence-electron chi connectivity index (χ4n) is 2.46. The lowest BCUT2D eigenvalue weighted by Crippen LogP contribution is -2.38. The Kier molecular flexibility index (Phi) is 4.51. The Hall–Kier alpha value is -2.05. The number of imidazole rings is 1. The summed E-state index contributed by atoms with van der Waals surface area (Å²) in [5.74, 6) is 0.0983. The lowest BCUT2D eigenvalue weighted by atomic mass is 10.1. The Labute approximate surface area is 143 Å². The summed E-state index contributed by atoms with van der Waals surface area (Å²) in [6.45, 7) is 5.27. The van der Waals surface area contributed by atoms with Gasteiger partial charge >= 0.3 is 6.01 Å². The predicted molar refractivity (Wildman–Crippen MR) is 86.3 cm³/mol. The number of nitrogens with one attached hydrogen (secondary N) is 1. The van der Waals surface area contributed by atoms with Gasteiger partial charge < -0.3 is 30.6 Å². The van der Waals surface area contributed by atoms with Crippen molar-refractivity contribution in [3.8, 4) is 6.01 Å². The van der Waals surface area contributed by atoms with E-state index in [1.54, 1.807) is 0 Å². The van der Waals surface area contributed by atoms with E-state index in [4.69, 9.17) is 15.3 Å². The van der Waals surface area contributed by atoms with Gasteiger partial charge in [-0.3, -0.25) is 4.57 Å². The standard InChI is InChI=1S/C14H22N6O5/c1-14(2,3)19-25-13-17-10(15)7-11(18-13)20(5-16-7)12-9(23)8(22)6(4-21)24-12/h5-6,8-9,12,19,21-23H,4H2,1-3H3,(H2,15,17,18)/t6-,8?,9?,12-/m1/s1. The molecule has 1 saturated heterocycles. The largest absolute Gasteiger partial charge is 0.394 e. The van der Waals surface area contributed by atoms with Crippen LogP contribution >= 0.6 is 0 Å². The van der Waals surface area contributed by atoms with Crippen molar-refractivity contribution in [2.45, 2.75) is 50.8 Å². The van der Waals surface area contributed by atoms with Gasteiger partial charge in [0, 0.05) is 5.54 Å². The molecule has 4 atom stereocenters. The second-order valence-electron chi connectivity index (χ2n) is 6.90. The van der Waals surface area contributed by atoms with Gasteiger partial charge in [0.2, 0.25) is 0 Å². The van der Waals surface area contributed by atoms with E-state index in [0.29, 0.717) is 5.52 Å². The molecule has 2 aromatic heterocycles. The number of hydroxylamine groups is 1. The van der Waals surface area contributed by atoms with Crippen molar-refractivity contribution in [3.05, 3.63) is 6.33 Å². The highest BCUT2D eigenvalue weighted by Gasteiger charge is 2.44. The van der Waals surface area contributed by atoms with E-state index in [9.17, 15) is 15.3 Å². The number of nitrogen functional groups attached to an aromatic ring is 1. The molecule has 6 N–H and O–H groups in total. The van der Waals surface area contributed by atoms with Gasteiger partial charge in [0.25, 0.3) is 0 Å². The molecule has 0 aromatic carbocycles. The van der Waals surface area contributed by atoms with Crippen LogP contribution in [0.4, 0.5) is 5.82 Å². The number of aromatic nitrogens is 4. The molecule has 1 aliphatic rings. The van der Waals surface area contributed by atoms with Crippen LogP contribution in [0.2, 0.25) is 0 Å². The van der Waals surface area contributed by atoms with Gasteiger partial charge in [0.05, 0.1) is 12.9 Å². The first-order valence-electron chi connectivity index (χ1n) is 7.78. The number of hydrogen-bond acceptors (Lipinski definition) is 10. The number of aliphatic hydroxyl groups is 3. The van der Waals surface area contributed by atoms with Crippen LogP contribution < -0.4 is 16.1 Å². The smallest absolute Gasteiger partial charge is 0.339 e. The average Bonchev–Trinajstić information content (AvgIpc) is 3.07. The number of nitrogens with zero attached hydrogens (tertiary/aromatic N) is 4. The van der Waals surface area contributed by atoms with Crippen LogP contribution in [0.25, 0.3) is 11.2 Å². The Bertz CT molecular complexity index is 760. The highest BCUT2D eigenvalue weighted by Crippen LogP contribution is 2.32. The number of rotatable bonds is 4. The highest BCUT2D eigenvalue weighted by molar-refractivity contribution is 5.82. The van der Waals surface area contributed by atoms with Crippen LogP contribution in [0.1, 0.15) is 27.0 Å². The fraction of sp³-hybridized carbons (Fsp3) is 0.643. The van der Waals surface area contributed by atoms with E-state index in [-0.39, 0.29) is 23.0 Å². The minimum Gasteiger partial charge on any atom is -0.394 e. The zero-order valence-corrected chi connectivity index (χ0v) is 14.1. The summed E-state index contributed by atoms with van der Waals surface area (Å²) in [7, 11) is 0. The molecule has 0 aliphatic carbocycles. The second kappa shape index (κ2) is 6.35. The van der Waals surface area contributed by atoms with E-state index in [2.05, 4.69) is 20.4 Å². The fourth-order valence-corrected chi connectivity index (χ4v) is 2.46. The minimum absolute atomic E-state index is 0.0200. The average molecular weight is 354 g/mol. The maximum atomic E-state index is 10.2. The van der Waals surface area contributed by atoms with Crippen LogP contribution in [-0.2, 0) is 4.74 Å². The maximum Gasteiger partial charge on any atom is 0.339 e. The summed E-state index contributed by atoms with van der Waals surface area (Å²) < 4.78 is 6.91. The first-order chi connectivity index (χ1) is 11.7. The number of anilines is 1. The molecule has 2 unspecified atom stereocenters. The predicted octanol–water partition coefficient (Wildman–Crippen LogP) is -1.30. The van der Waals surface area contributed by atoms with Crippen molar-refractivity contribution in [1.29, 1.82) is 0 Å². The molecule has 0 bridgehead atoms. The van der Waals surface area contributed by atoms with Gasteiger partial charge in [-0.05, 0) is 20.8 Å². The van der Waals surface area contributed by atoms with Gasteiger partial charge in [-0.1, -0.05) is 0 Å². The zero-order chi connectivity index (χ0) is 18.4. The van der Waals surface area contributed by atoms with E-state index >= 15 is 0 Å². The monoisotopic (exact) mass is 354 g/mol. The van der Waals surface area contributed by atoms with E-state index in [1.165, 1.54) is 10.9 Å². The molecule has 2 aromatic rings. The third-order valence-corrected chi connectivity index (χ3v) is 3.67. The molecular weight excluding hydrogens is 332 g/mol.